The number of nitrogens with one attached hydrogen (secondary N) is 2. The second-order valence-electron chi connectivity index (χ2n) is 5.18. The molecule has 1 heterocycles. The average Bonchev–Trinajstić information content (AvgIpc) is 2.91. The number of benzene rings is 1. The van der Waals surface area contributed by atoms with E-state index in [2.05, 4.69) is 29.1 Å². The fraction of sp³-hybridized carbons (Fsp3) is 0.562. The number of ether oxygens (including phenoxy) is 1. The molecule has 0 fully saturated rings. The van der Waals surface area contributed by atoms with Gasteiger partial charge in [0, 0.05) is 17.9 Å². The number of H-pyrrole nitrogens is 1. The van der Waals surface area contributed by atoms with Gasteiger partial charge in [0.1, 0.15) is 5.75 Å². The van der Waals surface area contributed by atoms with Crippen LogP contribution >= 0.6 is 11.8 Å². The first-order valence-corrected chi connectivity index (χ1v) is 8.65. The van der Waals surface area contributed by atoms with Crippen LogP contribution in [-0.4, -0.2) is 35.4 Å². The largest absolute Gasteiger partial charge is 0.497 e. The lowest BCUT2D eigenvalue weighted by molar-refractivity contribution is 0.415. The summed E-state index contributed by atoms with van der Waals surface area (Å²) in [6.07, 6.45) is 3.59. The molecule has 1 atom stereocenters. The highest BCUT2D eigenvalue weighted by atomic mass is 32.2. The molecule has 0 aliphatic carbocycles. The lowest BCUT2D eigenvalue weighted by Gasteiger charge is -2.16. The van der Waals surface area contributed by atoms with Crippen LogP contribution in [0, 0.1) is 0 Å². The Morgan fingerprint density at radius 1 is 1.33 bits per heavy atom. The van der Waals surface area contributed by atoms with Gasteiger partial charge in [-0.25, -0.2) is 4.98 Å². The number of hydrogen-bond acceptors (Lipinski definition) is 4. The smallest absolute Gasteiger partial charge is 0.166 e. The topological polar surface area (TPSA) is 49.9 Å². The number of aromatic nitrogens is 2. The minimum Gasteiger partial charge on any atom is -0.497 e. The Morgan fingerprint density at radius 3 is 2.90 bits per heavy atom. The summed E-state index contributed by atoms with van der Waals surface area (Å²) in [4.78, 5) is 7.99. The third-order valence-electron chi connectivity index (χ3n) is 3.41. The predicted octanol–water partition coefficient (Wildman–Crippen LogP) is 3.83. The van der Waals surface area contributed by atoms with Gasteiger partial charge >= 0.3 is 0 Å². The zero-order valence-electron chi connectivity index (χ0n) is 13.1. The summed E-state index contributed by atoms with van der Waals surface area (Å²) in [6.45, 7) is 5.52. The number of imidazole rings is 1. The van der Waals surface area contributed by atoms with Crippen LogP contribution in [0.5, 0.6) is 5.75 Å². The van der Waals surface area contributed by atoms with Gasteiger partial charge in [0.05, 0.1) is 18.1 Å². The van der Waals surface area contributed by atoms with Gasteiger partial charge in [-0.2, -0.15) is 0 Å². The highest BCUT2D eigenvalue weighted by Crippen LogP contribution is 2.23. The number of methoxy groups -OCH3 is 1. The predicted molar refractivity (Wildman–Crippen MR) is 90.4 cm³/mol. The number of thioether (sulfide) groups is 1. The highest BCUT2D eigenvalue weighted by molar-refractivity contribution is 7.99. The Morgan fingerprint density at radius 2 is 2.19 bits per heavy atom. The van der Waals surface area contributed by atoms with E-state index in [0.717, 1.165) is 34.2 Å². The standard InChI is InChI=1S/C16H25N3OS/c1-4-6-12(17-9-5-2)11-21-16-18-14-8-7-13(20-3)10-15(14)19-16/h7-8,10,12,17H,4-6,9,11H2,1-3H3,(H,18,19). The first kappa shape index (κ1) is 16.2. The van der Waals surface area contributed by atoms with Gasteiger partial charge in [-0.15, -0.1) is 0 Å². The molecular formula is C16H25N3OS. The van der Waals surface area contributed by atoms with E-state index < -0.39 is 0 Å². The Hall–Kier alpha value is -1.20. The minimum absolute atomic E-state index is 0.558. The zero-order valence-corrected chi connectivity index (χ0v) is 13.9. The van der Waals surface area contributed by atoms with E-state index in [1.807, 2.05) is 18.2 Å². The average molecular weight is 307 g/mol. The molecule has 0 bridgehead atoms. The summed E-state index contributed by atoms with van der Waals surface area (Å²) in [5, 5.41) is 4.59. The van der Waals surface area contributed by atoms with Crippen LogP contribution < -0.4 is 10.1 Å². The van der Waals surface area contributed by atoms with E-state index in [9.17, 15) is 0 Å². The van der Waals surface area contributed by atoms with E-state index in [-0.39, 0.29) is 0 Å². The molecule has 0 saturated heterocycles. The maximum Gasteiger partial charge on any atom is 0.166 e. The number of aromatic amines is 1. The third-order valence-corrected chi connectivity index (χ3v) is 4.44. The minimum atomic E-state index is 0.558. The van der Waals surface area contributed by atoms with Crippen LogP contribution in [0.2, 0.25) is 0 Å². The molecule has 0 aliphatic heterocycles. The Kier molecular flexibility index (Phi) is 6.39. The van der Waals surface area contributed by atoms with Crippen LogP contribution in [0.4, 0.5) is 0 Å². The van der Waals surface area contributed by atoms with Crippen molar-refractivity contribution in [1.82, 2.24) is 15.3 Å². The first-order chi connectivity index (χ1) is 10.3. The van der Waals surface area contributed by atoms with Crippen molar-refractivity contribution in [3.63, 3.8) is 0 Å². The molecule has 2 N–H and O–H groups in total. The van der Waals surface area contributed by atoms with Crippen LogP contribution in [0.25, 0.3) is 11.0 Å². The van der Waals surface area contributed by atoms with Crippen molar-refractivity contribution in [1.29, 1.82) is 0 Å². The van der Waals surface area contributed by atoms with Crippen molar-refractivity contribution in [3.8, 4) is 5.75 Å². The zero-order chi connectivity index (χ0) is 15.1. The summed E-state index contributed by atoms with van der Waals surface area (Å²) in [7, 11) is 1.68. The SMILES string of the molecule is CCCNC(CCC)CSc1nc2ccc(OC)cc2[nH]1. The number of fused-ring (bicyclic) bond motifs is 1. The molecule has 0 radical (unpaired) electrons. The van der Waals surface area contributed by atoms with Crippen LogP contribution in [0.3, 0.4) is 0 Å². The second kappa shape index (κ2) is 8.29. The highest BCUT2D eigenvalue weighted by Gasteiger charge is 2.10. The van der Waals surface area contributed by atoms with Gasteiger partial charge in [-0.1, -0.05) is 32.0 Å². The molecule has 0 spiro atoms. The molecule has 21 heavy (non-hydrogen) atoms. The molecule has 2 aromatic rings. The van der Waals surface area contributed by atoms with Gasteiger partial charge in [0.25, 0.3) is 0 Å². The molecule has 116 valence electrons. The van der Waals surface area contributed by atoms with Crippen molar-refractivity contribution in [2.75, 3.05) is 19.4 Å². The summed E-state index contributed by atoms with van der Waals surface area (Å²) in [5.74, 6) is 1.90. The molecule has 5 heteroatoms. The molecule has 0 amide bonds. The van der Waals surface area contributed by atoms with E-state index >= 15 is 0 Å². The quantitative estimate of drug-likeness (QED) is 0.691. The van der Waals surface area contributed by atoms with Gasteiger partial charge in [-0.05, 0) is 31.5 Å². The molecule has 2 rings (SSSR count). The molecule has 4 nitrogen and oxygen atoms in total. The molecule has 1 aromatic heterocycles. The van der Waals surface area contributed by atoms with E-state index in [1.54, 1.807) is 18.9 Å². The summed E-state index contributed by atoms with van der Waals surface area (Å²) in [6, 6.07) is 6.49. The monoisotopic (exact) mass is 307 g/mol. The fourth-order valence-electron chi connectivity index (χ4n) is 2.28. The van der Waals surface area contributed by atoms with Crippen LogP contribution in [0.1, 0.15) is 33.1 Å². The number of rotatable bonds is 9. The van der Waals surface area contributed by atoms with Gasteiger partial charge in [0.15, 0.2) is 5.16 Å². The van der Waals surface area contributed by atoms with Crippen molar-refractivity contribution in [2.45, 2.75) is 44.3 Å². The first-order valence-electron chi connectivity index (χ1n) is 7.66. The van der Waals surface area contributed by atoms with Gasteiger partial charge in [-0.3, -0.25) is 0 Å². The van der Waals surface area contributed by atoms with E-state index in [4.69, 9.17) is 4.74 Å². The number of hydrogen-bond donors (Lipinski definition) is 2. The Bertz CT molecular complexity index is 555. The maximum absolute atomic E-state index is 5.24. The van der Waals surface area contributed by atoms with Crippen molar-refractivity contribution in [3.05, 3.63) is 18.2 Å². The maximum atomic E-state index is 5.24. The van der Waals surface area contributed by atoms with Crippen LogP contribution in [-0.2, 0) is 0 Å². The molecule has 1 unspecified atom stereocenters. The van der Waals surface area contributed by atoms with Gasteiger partial charge < -0.3 is 15.0 Å². The molecule has 0 aliphatic rings. The van der Waals surface area contributed by atoms with E-state index in [1.165, 1.54) is 19.3 Å². The van der Waals surface area contributed by atoms with Crippen molar-refractivity contribution >= 4 is 22.8 Å². The normalized spacial score (nSPS) is 12.7. The lowest BCUT2D eigenvalue weighted by atomic mass is 10.2. The Balaban J connectivity index is 1.98. The lowest BCUT2D eigenvalue weighted by Crippen LogP contribution is -2.31. The van der Waals surface area contributed by atoms with Crippen molar-refractivity contribution < 1.29 is 4.74 Å². The third kappa shape index (κ3) is 4.64. The molecule has 1 aromatic carbocycles. The summed E-state index contributed by atoms with van der Waals surface area (Å²) >= 11 is 1.79. The molecular weight excluding hydrogens is 282 g/mol. The van der Waals surface area contributed by atoms with Gasteiger partial charge in [0.2, 0.25) is 0 Å². The fourth-order valence-corrected chi connectivity index (χ4v) is 3.27. The number of nitrogens with zero attached hydrogens (tertiary/aromatic N) is 1. The second-order valence-corrected chi connectivity index (χ2v) is 6.18. The summed E-state index contributed by atoms with van der Waals surface area (Å²) in [5.41, 5.74) is 2.03. The van der Waals surface area contributed by atoms with Crippen LogP contribution in [0.15, 0.2) is 23.4 Å². The van der Waals surface area contributed by atoms with E-state index in [0.29, 0.717) is 6.04 Å². The van der Waals surface area contributed by atoms with Crippen molar-refractivity contribution in [2.24, 2.45) is 0 Å². The Labute approximate surface area is 131 Å². The molecule has 0 saturated carbocycles. The summed E-state index contributed by atoms with van der Waals surface area (Å²) < 4.78 is 5.24.